The zero-order valence-electron chi connectivity index (χ0n) is 17.0. The SMILES string of the molecule is CCn1nc(C)c(S(=O)(=O)Nc2ccc(-c3csc(-c4ccccc4)n3)cc2)c1C. The van der Waals surface area contributed by atoms with Crippen molar-refractivity contribution in [3.8, 4) is 21.8 Å². The van der Waals surface area contributed by atoms with Crippen LogP contribution in [0.5, 0.6) is 0 Å². The Morgan fingerprint density at radius 2 is 1.70 bits per heavy atom. The van der Waals surface area contributed by atoms with Crippen molar-refractivity contribution in [1.82, 2.24) is 14.8 Å². The van der Waals surface area contributed by atoms with E-state index in [1.165, 1.54) is 0 Å². The van der Waals surface area contributed by atoms with Crippen molar-refractivity contribution in [2.24, 2.45) is 0 Å². The standard InChI is InChI=1S/C22H22N4O2S2/c1-4-26-16(3)21(15(2)24-26)30(27,28)25-19-12-10-17(11-13-19)20-14-29-22(23-20)18-8-6-5-7-9-18/h5-14,25H,4H2,1-3H3. The molecule has 0 aliphatic heterocycles. The van der Waals surface area contributed by atoms with Gasteiger partial charge in [0.2, 0.25) is 0 Å². The van der Waals surface area contributed by atoms with E-state index in [-0.39, 0.29) is 4.90 Å². The number of sulfonamides is 1. The number of hydrogen-bond acceptors (Lipinski definition) is 5. The molecule has 4 aromatic rings. The molecule has 0 radical (unpaired) electrons. The van der Waals surface area contributed by atoms with Gasteiger partial charge in [-0.1, -0.05) is 42.5 Å². The Balaban J connectivity index is 1.56. The summed E-state index contributed by atoms with van der Waals surface area (Å²) >= 11 is 1.58. The number of nitrogens with one attached hydrogen (secondary N) is 1. The van der Waals surface area contributed by atoms with Gasteiger partial charge in [-0.25, -0.2) is 13.4 Å². The lowest BCUT2D eigenvalue weighted by Crippen LogP contribution is -2.15. The Bertz CT molecular complexity index is 1270. The molecule has 2 aromatic heterocycles. The molecule has 2 heterocycles. The minimum absolute atomic E-state index is 0.237. The molecule has 0 bridgehead atoms. The lowest BCUT2D eigenvalue weighted by Gasteiger charge is -2.09. The van der Waals surface area contributed by atoms with Gasteiger partial charge in [0, 0.05) is 28.7 Å². The maximum Gasteiger partial charge on any atom is 0.265 e. The second-order valence-electron chi connectivity index (χ2n) is 6.90. The van der Waals surface area contributed by atoms with Crippen LogP contribution in [0.3, 0.4) is 0 Å². The molecule has 1 N–H and O–H groups in total. The van der Waals surface area contributed by atoms with Crippen LogP contribution >= 0.6 is 11.3 Å². The summed E-state index contributed by atoms with van der Waals surface area (Å²) in [5.74, 6) is 0. The highest BCUT2D eigenvalue weighted by Gasteiger charge is 2.24. The monoisotopic (exact) mass is 438 g/mol. The Morgan fingerprint density at radius 3 is 2.33 bits per heavy atom. The normalized spacial score (nSPS) is 11.6. The van der Waals surface area contributed by atoms with E-state index in [0.717, 1.165) is 21.8 Å². The van der Waals surface area contributed by atoms with Crippen LogP contribution in [-0.2, 0) is 16.6 Å². The highest BCUT2D eigenvalue weighted by atomic mass is 32.2. The summed E-state index contributed by atoms with van der Waals surface area (Å²) in [6, 6.07) is 17.3. The maximum atomic E-state index is 12.9. The fourth-order valence-electron chi connectivity index (χ4n) is 3.41. The third kappa shape index (κ3) is 3.88. The van der Waals surface area contributed by atoms with Crippen molar-refractivity contribution >= 4 is 27.0 Å². The number of rotatable bonds is 6. The second kappa shape index (κ2) is 8.04. The van der Waals surface area contributed by atoms with Crippen molar-refractivity contribution in [2.75, 3.05) is 4.72 Å². The highest BCUT2D eigenvalue weighted by Crippen LogP contribution is 2.30. The number of nitrogens with zero attached hydrogens (tertiary/aromatic N) is 3. The number of aryl methyl sites for hydroxylation is 2. The molecule has 0 fully saturated rings. The fourth-order valence-corrected chi connectivity index (χ4v) is 5.72. The van der Waals surface area contributed by atoms with Crippen molar-refractivity contribution in [3.63, 3.8) is 0 Å². The number of aromatic nitrogens is 3. The lowest BCUT2D eigenvalue weighted by atomic mass is 10.1. The van der Waals surface area contributed by atoms with Gasteiger partial charge in [0.05, 0.1) is 17.1 Å². The minimum Gasteiger partial charge on any atom is -0.280 e. The van der Waals surface area contributed by atoms with Crippen molar-refractivity contribution in [1.29, 1.82) is 0 Å². The summed E-state index contributed by atoms with van der Waals surface area (Å²) in [6.45, 7) is 6.04. The molecule has 154 valence electrons. The Kier molecular flexibility index (Phi) is 5.44. The molecule has 0 aliphatic rings. The molecular formula is C22H22N4O2S2. The van der Waals surface area contributed by atoms with E-state index < -0.39 is 10.0 Å². The van der Waals surface area contributed by atoms with Crippen molar-refractivity contribution in [2.45, 2.75) is 32.2 Å². The first-order chi connectivity index (χ1) is 14.4. The number of hydrogen-bond donors (Lipinski definition) is 1. The molecular weight excluding hydrogens is 416 g/mol. The van der Waals surface area contributed by atoms with E-state index in [4.69, 9.17) is 4.98 Å². The molecule has 0 saturated heterocycles. The molecule has 0 amide bonds. The fraction of sp³-hybridized carbons (Fsp3) is 0.182. The van der Waals surface area contributed by atoms with Crippen molar-refractivity contribution < 1.29 is 8.42 Å². The van der Waals surface area contributed by atoms with E-state index in [1.54, 1.807) is 42.0 Å². The zero-order chi connectivity index (χ0) is 21.3. The molecule has 0 atom stereocenters. The van der Waals surface area contributed by atoms with Gasteiger partial charge in [-0.05, 0) is 32.9 Å². The van der Waals surface area contributed by atoms with Gasteiger partial charge in [0.1, 0.15) is 9.90 Å². The summed E-state index contributed by atoms with van der Waals surface area (Å²) < 4.78 is 30.2. The zero-order valence-corrected chi connectivity index (χ0v) is 18.6. The predicted molar refractivity (Wildman–Crippen MR) is 121 cm³/mol. The summed E-state index contributed by atoms with van der Waals surface area (Å²) in [7, 11) is -3.72. The van der Waals surface area contributed by atoms with Crippen LogP contribution in [0, 0.1) is 13.8 Å². The van der Waals surface area contributed by atoms with Crippen LogP contribution in [0.15, 0.2) is 64.9 Å². The Hall–Kier alpha value is -2.97. The molecule has 6 nitrogen and oxygen atoms in total. The largest absolute Gasteiger partial charge is 0.280 e. The van der Waals surface area contributed by atoms with Gasteiger partial charge >= 0.3 is 0 Å². The minimum atomic E-state index is -3.72. The van der Waals surface area contributed by atoms with E-state index in [0.29, 0.717) is 23.6 Å². The molecule has 30 heavy (non-hydrogen) atoms. The highest BCUT2D eigenvalue weighted by molar-refractivity contribution is 7.92. The van der Waals surface area contributed by atoms with Crippen LogP contribution < -0.4 is 4.72 Å². The van der Waals surface area contributed by atoms with Gasteiger partial charge < -0.3 is 0 Å². The van der Waals surface area contributed by atoms with Gasteiger partial charge in [-0.15, -0.1) is 11.3 Å². The molecule has 0 spiro atoms. The molecule has 2 aromatic carbocycles. The lowest BCUT2D eigenvalue weighted by molar-refractivity contribution is 0.598. The number of benzene rings is 2. The summed E-state index contributed by atoms with van der Waals surface area (Å²) in [6.07, 6.45) is 0. The van der Waals surface area contributed by atoms with Crippen molar-refractivity contribution in [3.05, 3.63) is 71.4 Å². The third-order valence-corrected chi connectivity index (χ3v) is 7.37. The van der Waals surface area contributed by atoms with Gasteiger partial charge in [0.25, 0.3) is 10.0 Å². The third-order valence-electron chi connectivity index (χ3n) is 4.84. The van der Waals surface area contributed by atoms with E-state index in [9.17, 15) is 8.42 Å². The molecule has 0 unspecified atom stereocenters. The van der Waals surface area contributed by atoms with Gasteiger partial charge in [-0.3, -0.25) is 9.40 Å². The van der Waals surface area contributed by atoms with Crippen LogP contribution in [0.2, 0.25) is 0 Å². The molecule has 0 saturated carbocycles. The van der Waals surface area contributed by atoms with Gasteiger partial charge in [0.15, 0.2) is 0 Å². The quantitative estimate of drug-likeness (QED) is 0.454. The van der Waals surface area contributed by atoms with Crippen LogP contribution in [0.1, 0.15) is 18.3 Å². The Morgan fingerprint density at radius 1 is 1.00 bits per heavy atom. The molecule has 4 rings (SSSR count). The maximum absolute atomic E-state index is 12.9. The topological polar surface area (TPSA) is 76.9 Å². The first-order valence-electron chi connectivity index (χ1n) is 9.57. The predicted octanol–water partition coefficient (Wildman–Crippen LogP) is 5.11. The van der Waals surface area contributed by atoms with Crippen LogP contribution in [0.4, 0.5) is 5.69 Å². The first-order valence-corrected chi connectivity index (χ1v) is 11.9. The first kappa shape index (κ1) is 20.3. The average molecular weight is 439 g/mol. The summed E-state index contributed by atoms with van der Waals surface area (Å²) in [5, 5.41) is 7.27. The van der Waals surface area contributed by atoms with Crippen LogP contribution in [0.25, 0.3) is 21.8 Å². The Labute approximate surface area is 180 Å². The smallest absolute Gasteiger partial charge is 0.265 e. The average Bonchev–Trinajstić information content (AvgIpc) is 3.33. The number of thiazole rings is 1. The number of anilines is 1. The van der Waals surface area contributed by atoms with Gasteiger partial charge in [-0.2, -0.15) is 5.10 Å². The summed E-state index contributed by atoms with van der Waals surface area (Å²) in [4.78, 5) is 4.94. The van der Waals surface area contributed by atoms with E-state index >= 15 is 0 Å². The summed E-state index contributed by atoms with van der Waals surface area (Å²) in [5.41, 5.74) is 4.51. The second-order valence-corrected chi connectivity index (χ2v) is 9.38. The van der Waals surface area contributed by atoms with Crippen LogP contribution in [-0.4, -0.2) is 23.2 Å². The molecule has 8 heteroatoms. The van der Waals surface area contributed by atoms with E-state index in [1.807, 2.05) is 54.8 Å². The van der Waals surface area contributed by atoms with E-state index in [2.05, 4.69) is 9.82 Å². The molecule has 0 aliphatic carbocycles.